The van der Waals surface area contributed by atoms with Gasteiger partial charge < -0.3 is 15.2 Å². The minimum atomic E-state index is -0.605. The second kappa shape index (κ2) is 6.12. The number of para-hydroxylation sites is 1. The second-order valence-corrected chi connectivity index (χ2v) is 3.30. The molecule has 0 aromatic heterocycles. The van der Waals surface area contributed by atoms with Crippen LogP contribution < -0.4 is 5.32 Å². The number of carbonyl (C=O) groups is 1. The van der Waals surface area contributed by atoms with E-state index in [0.717, 1.165) is 0 Å². The third-order valence-electron chi connectivity index (χ3n) is 2.18. The van der Waals surface area contributed by atoms with Crippen LogP contribution in [-0.4, -0.2) is 24.2 Å². The Labute approximate surface area is 95.2 Å². The van der Waals surface area contributed by atoms with Gasteiger partial charge in [-0.2, -0.15) is 0 Å². The quantitative estimate of drug-likeness (QED) is 0.744. The lowest BCUT2D eigenvalue weighted by Gasteiger charge is -2.17. The lowest BCUT2D eigenvalue weighted by atomic mass is 10.1. The Morgan fingerprint density at radius 1 is 1.44 bits per heavy atom. The van der Waals surface area contributed by atoms with E-state index in [1.54, 1.807) is 31.2 Å². The molecule has 88 valence electrons. The van der Waals surface area contributed by atoms with E-state index >= 15 is 0 Å². The fourth-order valence-electron chi connectivity index (χ4n) is 1.48. The standard InChI is InChI=1S/C12H17NO3/c1-3-13-11(12(15)16-4-2)9-7-5-6-8-10(9)14/h5-8,11,13-14H,3-4H2,1-2H3. The number of ether oxygens (including phenoxy) is 1. The first-order chi connectivity index (χ1) is 7.70. The Kier molecular flexibility index (Phi) is 4.79. The van der Waals surface area contributed by atoms with Crippen molar-refractivity contribution in [3.05, 3.63) is 29.8 Å². The fraction of sp³-hybridized carbons (Fsp3) is 0.417. The Morgan fingerprint density at radius 2 is 2.12 bits per heavy atom. The monoisotopic (exact) mass is 223 g/mol. The van der Waals surface area contributed by atoms with Crippen LogP contribution in [0.4, 0.5) is 0 Å². The minimum absolute atomic E-state index is 0.0986. The molecule has 0 bridgehead atoms. The number of esters is 1. The van der Waals surface area contributed by atoms with Crippen LogP contribution in [0.3, 0.4) is 0 Å². The summed E-state index contributed by atoms with van der Waals surface area (Å²) in [7, 11) is 0. The summed E-state index contributed by atoms with van der Waals surface area (Å²) in [6.07, 6.45) is 0. The molecule has 0 radical (unpaired) electrons. The molecular formula is C12H17NO3. The number of phenols is 1. The fourth-order valence-corrected chi connectivity index (χ4v) is 1.48. The normalized spacial score (nSPS) is 12.1. The molecule has 0 saturated heterocycles. The number of carbonyl (C=O) groups excluding carboxylic acids is 1. The van der Waals surface area contributed by atoms with Crippen LogP contribution in [-0.2, 0) is 9.53 Å². The van der Waals surface area contributed by atoms with Gasteiger partial charge in [0.2, 0.25) is 0 Å². The Bertz CT molecular complexity index is 352. The van der Waals surface area contributed by atoms with Gasteiger partial charge in [0.05, 0.1) is 6.61 Å². The average Bonchev–Trinajstić information content (AvgIpc) is 2.27. The van der Waals surface area contributed by atoms with E-state index in [-0.39, 0.29) is 11.7 Å². The summed E-state index contributed by atoms with van der Waals surface area (Å²) in [5.74, 6) is -0.271. The molecule has 4 nitrogen and oxygen atoms in total. The zero-order valence-electron chi connectivity index (χ0n) is 9.56. The van der Waals surface area contributed by atoms with Gasteiger partial charge in [0, 0.05) is 5.56 Å². The van der Waals surface area contributed by atoms with Crippen LogP contribution in [0.1, 0.15) is 25.5 Å². The van der Waals surface area contributed by atoms with Crippen LogP contribution in [0.2, 0.25) is 0 Å². The van der Waals surface area contributed by atoms with Crippen molar-refractivity contribution >= 4 is 5.97 Å². The van der Waals surface area contributed by atoms with E-state index in [4.69, 9.17) is 4.74 Å². The molecule has 1 rings (SSSR count). The van der Waals surface area contributed by atoms with E-state index in [0.29, 0.717) is 18.7 Å². The molecule has 0 aliphatic carbocycles. The Balaban J connectivity index is 2.93. The lowest BCUT2D eigenvalue weighted by molar-refractivity contribution is -0.145. The van der Waals surface area contributed by atoms with Gasteiger partial charge in [0.1, 0.15) is 11.8 Å². The van der Waals surface area contributed by atoms with Crippen molar-refractivity contribution in [2.45, 2.75) is 19.9 Å². The van der Waals surface area contributed by atoms with E-state index in [2.05, 4.69) is 5.32 Å². The first kappa shape index (κ1) is 12.5. The SMILES string of the molecule is CCNC(C(=O)OCC)c1ccccc1O. The number of nitrogens with one attached hydrogen (secondary N) is 1. The van der Waals surface area contributed by atoms with Crippen LogP contribution in [0.5, 0.6) is 5.75 Å². The zero-order valence-corrected chi connectivity index (χ0v) is 9.56. The number of likely N-dealkylation sites (N-methyl/N-ethyl adjacent to an activating group) is 1. The largest absolute Gasteiger partial charge is 0.508 e. The van der Waals surface area contributed by atoms with Gasteiger partial charge in [-0.25, -0.2) is 4.79 Å². The summed E-state index contributed by atoms with van der Waals surface area (Å²) in [6.45, 7) is 4.60. The summed E-state index contributed by atoms with van der Waals surface area (Å²) in [5.41, 5.74) is 0.544. The number of hydrogen-bond acceptors (Lipinski definition) is 4. The highest BCUT2D eigenvalue weighted by Gasteiger charge is 2.23. The molecule has 4 heteroatoms. The summed E-state index contributed by atoms with van der Waals surface area (Å²) >= 11 is 0. The molecule has 1 atom stereocenters. The van der Waals surface area contributed by atoms with E-state index in [9.17, 15) is 9.90 Å². The molecule has 2 N–H and O–H groups in total. The van der Waals surface area contributed by atoms with Gasteiger partial charge in [-0.1, -0.05) is 25.1 Å². The van der Waals surface area contributed by atoms with Crippen molar-refractivity contribution < 1.29 is 14.6 Å². The van der Waals surface area contributed by atoms with Crippen LogP contribution in [0, 0.1) is 0 Å². The smallest absolute Gasteiger partial charge is 0.327 e. The molecule has 1 aromatic rings. The summed E-state index contributed by atoms with van der Waals surface area (Å²) in [4.78, 5) is 11.7. The van der Waals surface area contributed by atoms with Gasteiger partial charge in [-0.05, 0) is 19.5 Å². The molecule has 0 spiro atoms. The number of hydrogen-bond donors (Lipinski definition) is 2. The number of aromatic hydroxyl groups is 1. The van der Waals surface area contributed by atoms with Crippen molar-refractivity contribution in [2.24, 2.45) is 0 Å². The lowest BCUT2D eigenvalue weighted by Crippen LogP contribution is -2.30. The maximum Gasteiger partial charge on any atom is 0.327 e. The van der Waals surface area contributed by atoms with Gasteiger partial charge in [0.25, 0.3) is 0 Å². The number of rotatable bonds is 5. The minimum Gasteiger partial charge on any atom is -0.508 e. The molecule has 0 saturated carbocycles. The second-order valence-electron chi connectivity index (χ2n) is 3.30. The average molecular weight is 223 g/mol. The zero-order chi connectivity index (χ0) is 12.0. The van der Waals surface area contributed by atoms with Gasteiger partial charge in [0.15, 0.2) is 0 Å². The highest BCUT2D eigenvalue weighted by Crippen LogP contribution is 2.24. The van der Waals surface area contributed by atoms with E-state index in [1.165, 1.54) is 0 Å². The van der Waals surface area contributed by atoms with E-state index in [1.807, 2.05) is 6.92 Å². The van der Waals surface area contributed by atoms with Crippen LogP contribution >= 0.6 is 0 Å². The first-order valence-electron chi connectivity index (χ1n) is 5.38. The van der Waals surface area contributed by atoms with Crippen molar-refractivity contribution in [1.29, 1.82) is 0 Å². The summed E-state index contributed by atoms with van der Waals surface area (Å²) in [5, 5.41) is 12.7. The predicted molar refractivity (Wildman–Crippen MR) is 61.2 cm³/mol. The van der Waals surface area contributed by atoms with Crippen molar-refractivity contribution in [3.63, 3.8) is 0 Å². The van der Waals surface area contributed by atoms with Crippen LogP contribution in [0.25, 0.3) is 0 Å². The summed E-state index contributed by atoms with van der Waals surface area (Å²) < 4.78 is 4.95. The number of phenolic OH excluding ortho intramolecular Hbond substituents is 1. The van der Waals surface area contributed by atoms with Crippen molar-refractivity contribution in [1.82, 2.24) is 5.32 Å². The van der Waals surface area contributed by atoms with Crippen LogP contribution in [0.15, 0.2) is 24.3 Å². The predicted octanol–water partition coefficient (Wildman–Crippen LogP) is 1.61. The molecule has 1 aromatic carbocycles. The van der Waals surface area contributed by atoms with Gasteiger partial charge in [-0.3, -0.25) is 0 Å². The first-order valence-corrected chi connectivity index (χ1v) is 5.38. The number of benzene rings is 1. The maximum atomic E-state index is 11.7. The van der Waals surface area contributed by atoms with Crippen molar-refractivity contribution in [2.75, 3.05) is 13.2 Å². The molecular weight excluding hydrogens is 206 g/mol. The Hall–Kier alpha value is -1.55. The highest BCUT2D eigenvalue weighted by molar-refractivity contribution is 5.78. The highest BCUT2D eigenvalue weighted by atomic mass is 16.5. The summed E-state index contributed by atoms with van der Waals surface area (Å²) in [6, 6.07) is 6.15. The molecule has 0 aliphatic rings. The Morgan fingerprint density at radius 3 is 2.69 bits per heavy atom. The molecule has 0 aliphatic heterocycles. The molecule has 0 heterocycles. The van der Waals surface area contributed by atoms with Crippen molar-refractivity contribution in [3.8, 4) is 5.75 Å². The van der Waals surface area contributed by atoms with E-state index < -0.39 is 6.04 Å². The topological polar surface area (TPSA) is 58.6 Å². The maximum absolute atomic E-state index is 11.7. The molecule has 16 heavy (non-hydrogen) atoms. The van der Waals surface area contributed by atoms with Gasteiger partial charge in [-0.15, -0.1) is 0 Å². The third kappa shape index (κ3) is 2.97. The molecule has 0 amide bonds. The molecule has 1 unspecified atom stereocenters. The third-order valence-corrected chi connectivity index (χ3v) is 2.18. The molecule has 0 fully saturated rings. The van der Waals surface area contributed by atoms with Gasteiger partial charge >= 0.3 is 5.97 Å².